The Labute approximate surface area is 118 Å². The van der Waals surface area contributed by atoms with Crippen molar-refractivity contribution in [3.63, 3.8) is 0 Å². The zero-order valence-corrected chi connectivity index (χ0v) is 12.3. The number of nitrogens with zero attached hydrogens (tertiary/aromatic N) is 1. The number of rotatable bonds is 3. The van der Waals surface area contributed by atoms with Crippen LogP contribution >= 0.6 is 0 Å². The molecule has 0 radical (unpaired) electrons. The molecule has 0 saturated carbocycles. The molecule has 0 aromatic heterocycles. The third-order valence-electron chi connectivity index (χ3n) is 4.22. The van der Waals surface area contributed by atoms with Gasteiger partial charge in [0.05, 0.1) is 16.4 Å². The average Bonchev–Trinajstić information content (AvgIpc) is 2.91. The number of aliphatic carboxylic acids is 1. The Hall–Kier alpha value is -1.31. The first kappa shape index (κ1) is 15.1. The van der Waals surface area contributed by atoms with Crippen LogP contribution in [-0.2, 0) is 14.6 Å². The fourth-order valence-corrected chi connectivity index (χ4v) is 4.47. The predicted molar refractivity (Wildman–Crippen MR) is 72.1 cm³/mol. The van der Waals surface area contributed by atoms with Crippen LogP contribution in [0.5, 0.6) is 0 Å². The summed E-state index contributed by atoms with van der Waals surface area (Å²) in [5.41, 5.74) is -0.906. The molecule has 20 heavy (non-hydrogen) atoms. The number of hydrogen-bond donors (Lipinski definition) is 2. The van der Waals surface area contributed by atoms with Gasteiger partial charge in [-0.3, -0.25) is 4.79 Å². The van der Waals surface area contributed by atoms with E-state index in [0.717, 1.165) is 0 Å². The van der Waals surface area contributed by atoms with Crippen LogP contribution in [0.3, 0.4) is 0 Å². The minimum Gasteiger partial charge on any atom is -0.481 e. The molecular weight excluding hydrogens is 284 g/mol. The van der Waals surface area contributed by atoms with E-state index in [1.165, 1.54) is 4.90 Å². The van der Waals surface area contributed by atoms with Gasteiger partial charge >= 0.3 is 12.0 Å². The van der Waals surface area contributed by atoms with Crippen molar-refractivity contribution >= 4 is 21.8 Å². The van der Waals surface area contributed by atoms with E-state index < -0.39 is 26.5 Å². The quantitative estimate of drug-likeness (QED) is 0.768. The van der Waals surface area contributed by atoms with Crippen LogP contribution < -0.4 is 5.32 Å². The Morgan fingerprint density at radius 3 is 2.65 bits per heavy atom. The highest BCUT2D eigenvalue weighted by Gasteiger charge is 2.42. The zero-order chi connectivity index (χ0) is 15.0. The monoisotopic (exact) mass is 304 g/mol. The van der Waals surface area contributed by atoms with Gasteiger partial charge in [-0.05, 0) is 26.2 Å². The van der Waals surface area contributed by atoms with Gasteiger partial charge in [0.15, 0.2) is 9.84 Å². The molecule has 2 unspecified atom stereocenters. The molecule has 0 spiro atoms. The van der Waals surface area contributed by atoms with Crippen molar-refractivity contribution < 1.29 is 23.1 Å². The number of nitrogens with one attached hydrogen (secondary N) is 1. The number of carboxylic acid groups (broad SMARTS) is 1. The van der Waals surface area contributed by atoms with Gasteiger partial charge in [-0.2, -0.15) is 0 Å². The van der Waals surface area contributed by atoms with Gasteiger partial charge in [0, 0.05) is 19.6 Å². The van der Waals surface area contributed by atoms with Crippen LogP contribution in [0.1, 0.15) is 26.2 Å². The minimum absolute atomic E-state index is 0.113. The first-order valence-corrected chi connectivity index (χ1v) is 8.44. The first-order chi connectivity index (χ1) is 9.24. The molecular formula is C12H20N2O5S. The van der Waals surface area contributed by atoms with Gasteiger partial charge in [-0.25, -0.2) is 13.2 Å². The maximum absolute atomic E-state index is 12.0. The molecule has 2 heterocycles. The van der Waals surface area contributed by atoms with Crippen LogP contribution in [-0.4, -0.2) is 61.1 Å². The number of amides is 2. The van der Waals surface area contributed by atoms with E-state index in [1.54, 1.807) is 6.92 Å². The van der Waals surface area contributed by atoms with Crippen molar-refractivity contribution in [1.29, 1.82) is 0 Å². The van der Waals surface area contributed by atoms with E-state index in [9.17, 15) is 18.0 Å². The topological polar surface area (TPSA) is 104 Å². The largest absolute Gasteiger partial charge is 0.481 e. The number of urea groups is 1. The Morgan fingerprint density at radius 2 is 2.15 bits per heavy atom. The first-order valence-electron chi connectivity index (χ1n) is 6.72. The van der Waals surface area contributed by atoms with E-state index in [1.807, 2.05) is 0 Å². The highest BCUT2D eigenvalue weighted by atomic mass is 32.2. The Morgan fingerprint density at radius 1 is 1.45 bits per heavy atom. The van der Waals surface area contributed by atoms with Crippen LogP contribution in [0.25, 0.3) is 0 Å². The lowest BCUT2D eigenvalue weighted by atomic mass is 9.90. The molecule has 0 aliphatic carbocycles. The van der Waals surface area contributed by atoms with Crippen molar-refractivity contribution in [2.45, 2.75) is 31.4 Å². The fraction of sp³-hybridized carbons (Fsp3) is 0.833. The third-order valence-corrected chi connectivity index (χ3v) is 6.50. The fourth-order valence-electron chi connectivity index (χ4n) is 2.71. The molecule has 2 rings (SSSR count). The lowest BCUT2D eigenvalue weighted by Gasteiger charge is -2.21. The van der Waals surface area contributed by atoms with Crippen molar-refractivity contribution in [3.8, 4) is 0 Å². The SMILES string of the molecule is CC1(C(=O)O)CCN(C(=O)NCC2CCCS2(=O)=O)C1. The van der Waals surface area contributed by atoms with E-state index >= 15 is 0 Å². The van der Waals surface area contributed by atoms with E-state index in [2.05, 4.69) is 5.32 Å². The summed E-state index contributed by atoms with van der Waals surface area (Å²) in [6, 6.07) is -0.378. The summed E-state index contributed by atoms with van der Waals surface area (Å²) in [6.45, 7) is 2.27. The normalized spacial score (nSPS) is 32.2. The standard InChI is InChI=1S/C12H20N2O5S/c1-12(10(15)16)4-5-14(8-12)11(17)13-7-9-3-2-6-20(9,18)19/h9H,2-8H2,1H3,(H,13,17)(H,15,16). The Bertz CT molecular complexity index is 518. The lowest BCUT2D eigenvalue weighted by molar-refractivity contribution is -0.147. The van der Waals surface area contributed by atoms with Gasteiger partial charge in [-0.1, -0.05) is 0 Å². The van der Waals surface area contributed by atoms with Crippen LogP contribution in [0.2, 0.25) is 0 Å². The number of carbonyl (C=O) groups excluding carboxylic acids is 1. The molecule has 2 aliphatic rings. The summed E-state index contributed by atoms with van der Waals surface area (Å²) in [6.07, 6.45) is 1.64. The summed E-state index contributed by atoms with van der Waals surface area (Å²) in [4.78, 5) is 24.5. The second kappa shape index (κ2) is 5.23. The van der Waals surface area contributed by atoms with Crippen molar-refractivity contribution in [1.82, 2.24) is 10.2 Å². The zero-order valence-electron chi connectivity index (χ0n) is 11.5. The second-order valence-electron chi connectivity index (χ2n) is 5.85. The summed E-state index contributed by atoms with van der Waals surface area (Å²) >= 11 is 0. The smallest absolute Gasteiger partial charge is 0.317 e. The van der Waals surface area contributed by atoms with Gasteiger partial charge in [0.1, 0.15) is 0 Å². The number of likely N-dealkylation sites (tertiary alicyclic amines) is 1. The Balaban J connectivity index is 1.86. The van der Waals surface area contributed by atoms with Gasteiger partial charge in [-0.15, -0.1) is 0 Å². The Kier molecular flexibility index (Phi) is 3.95. The number of carbonyl (C=O) groups is 2. The van der Waals surface area contributed by atoms with Crippen LogP contribution in [0.4, 0.5) is 4.79 Å². The summed E-state index contributed by atoms with van der Waals surface area (Å²) in [5, 5.41) is 11.2. The summed E-state index contributed by atoms with van der Waals surface area (Å²) in [5.74, 6) is -0.722. The van der Waals surface area contributed by atoms with Crippen molar-refractivity contribution in [2.75, 3.05) is 25.4 Å². The van der Waals surface area contributed by atoms with Crippen LogP contribution in [0, 0.1) is 5.41 Å². The molecule has 2 aliphatic heterocycles. The molecule has 2 N–H and O–H groups in total. The minimum atomic E-state index is -3.07. The van der Waals surface area contributed by atoms with E-state index in [0.29, 0.717) is 25.8 Å². The van der Waals surface area contributed by atoms with Crippen molar-refractivity contribution in [2.24, 2.45) is 5.41 Å². The van der Waals surface area contributed by atoms with E-state index in [4.69, 9.17) is 5.11 Å². The van der Waals surface area contributed by atoms with Crippen LogP contribution in [0.15, 0.2) is 0 Å². The molecule has 114 valence electrons. The molecule has 2 atom stereocenters. The number of hydrogen-bond acceptors (Lipinski definition) is 4. The molecule has 2 saturated heterocycles. The van der Waals surface area contributed by atoms with Gasteiger partial charge in [0.2, 0.25) is 0 Å². The van der Waals surface area contributed by atoms with E-state index in [-0.39, 0.29) is 24.9 Å². The number of carboxylic acids is 1. The highest BCUT2D eigenvalue weighted by molar-refractivity contribution is 7.92. The average molecular weight is 304 g/mol. The molecule has 7 nitrogen and oxygen atoms in total. The molecule has 2 fully saturated rings. The summed E-state index contributed by atoms with van der Waals surface area (Å²) in [7, 11) is -3.07. The maximum Gasteiger partial charge on any atom is 0.317 e. The molecule has 0 bridgehead atoms. The molecule has 0 aromatic rings. The molecule has 8 heteroatoms. The second-order valence-corrected chi connectivity index (χ2v) is 8.26. The predicted octanol–water partition coefficient (Wildman–Crippen LogP) is 0.0698. The summed E-state index contributed by atoms with van der Waals surface area (Å²) < 4.78 is 23.3. The van der Waals surface area contributed by atoms with Gasteiger partial charge in [0.25, 0.3) is 0 Å². The molecule has 2 amide bonds. The van der Waals surface area contributed by atoms with Gasteiger partial charge < -0.3 is 15.3 Å². The number of sulfone groups is 1. The van der Waals surface area contributed by atoms with Crippen molar-refractivity contribution in [3.05, 3.63) is 0 Å². The highest BCUT2D eigenvalue weighted by Crippen LogP contribution is 2.30. The third kappa shape index (κ3) is 2.89. The molecule has 0 aromatic carbocycles. The maximum atomic E-state index is 12.0. The lowest BCUT2D eigenvalue weighted by Crippen LogP contribution is -2.44.